The van der Waals surface area contributed by atoms with Crippen LogP contribution in [-0.4, -0.2) is 33.8 Å². The maximum Gasteiger partial charge on any atom is 0.253 e. The van der Waals surface area contributed by atoms with Crippen LogP contribution in [-0.2, 0) is 16.6 Å². The van der Waals surface area contributed by atoms with E-state index in [4.69, 9.17) is 9.47 Å². The molecule has 0 saturated carbocycles. The highest BCUT2D eigenvalue weighted by atomic mass is 32.2. The Morgan fingerprint density at radius 3 is 2.36 bits per heavy atom. The molecule has 0 unspecified atom stereocenters. The standard InChI is InChI=1S/C25H26N2O5S/c1-18(20-12-13-23-24(16-20)32-15-14-31-23)26-25(28)21-10-6-7-11-22(21)27(33(2,29)30)17-19-8-4-3-5-9-19/h3-13,16,18H,14-15,17H2,1-2H3,(H,26,28)/t18-/m0/s1. The number of ether oxygens (including phenoxy) is 2. The molecule has 0 fully saturated rings. The van der Waals surface area contributed by atoms with Gasteiger partial charge in [0, 0.05) is 0 Å². The summed E-state index contributed by atoms with van der Waals surface area (Å²) < 4.78 is 37.8. The summed E-state index contributed by atoms with van der Waals surface area (Å²) in [7, 11) is -3.64. The Morgan fingerprint density at radius 2 is 1.64 bits per heavy atom. The monoisotopic (exact) mass is 466 g/mol. The first-order valence-corrected chi connectivity index (χ1v) is 12.5. The van der Waals surface area contributed by atoms with E-state index in [1.54, 1.807) is 24.3 Å². The number of nitrogens with zero attached hydrogens (tertiary/aromatic N) is 1. The first-order valence-electron chi connectivity index (χ1n) is 10.6. The lowest BCUT2D eigenvalue weighted by molar-refractivity contribution is 0.0940. The predicted molar refractivity (Wildman–Crippen MR) is 127 cm³/mol. The molecule has 3 aromatic rings. The summed E-state index contributed by atoms with van der Waals surface area (Å²) in [4.78, 5) is 13.2. The normalized spacial score (nSPS) is 13.8. The Labute approximate surface area is 194 Å². The smallest absolute Gasteiger partial charge is 0.253 e. The number of sulfonamides is 1. The summed E-state index contributed by atoms with van der Waals surface area (Å²) in [6.45, 7) is 2.98. The highest BCUT2D eigenvalue weighted by Crippen LogP contribution is 2.33. The lowest BCUT2D eigenvalue weighted by Gasteiger charge is -2.25. The predicted octanol–water partition coefficient (Wildman–Crippen LogP) is 3.92. The highest BCUT2D eigenvalue weighted by Gasteiger charge is 2.24. The lowest BCUT2D eigenvalue weighted by atomic mass is 10.1. The van der Waals surface area contributed by atoms with Gasteiger partial charge in [-0.15, -0.1) is 0 Å². The zero-order chi connectivity index (χ0) is 23.4. The Kier molecular flexibility index (Phi) is 6.55. The molecule has 0 aromatic heterocycles. The van der Waals surface area contributed by atoms with Crippen molar-refractivity contribution in [3.8, 4) is 11.5 Å². The van der Waals surface area contributed by atoms with Gasteiger partial charge in [-0.25, -0.2) is 8.42 Å². The van der Waals surface area contributed by atoms with Crippen molar-refractivity contribution in [3.63, 3.8) is 0 Å². The minimum Gasteiger partial charge on any atom is -0.486 e. The Bertz CT molecular complexity index is 1240. The minimum atomic E-state index is -3.64. The van der Waals surface area contributed by atoms with Crippen molar-refractivity contribution in [1.29, 1.82) is 0 Å². The van der Waals surface area contributed by atoms with E-state index in [0.717, 1.165) is 17.4 Å². The fourth-order valence-electron chi connectivity index (χ4n) is 3.70. The van der Waals surface area contributed by atoms with Gasteiger partial charge >= 0.3 is 0 Å². The number of anilines is 1. The maximum atomic E-state index is 13.2. The number of hydrogen-bond donors (Lipinski definition) is 1. The lowest BCUT2D eigenvalue weighted by Crippen LogP contribution is -2.33. The third-order valence-electron chi connectivity index (χ3n) is 5.40. The summed E-state index contributed by atoms with van der Waals surface area (Å²) in [6.07, 6.45) is 1.14. The maximum absolute atomic E-state index is 13.2. The number of benzene rings is 3. The van der Waals surface area contributed by atoms with Crippen LogP contribution in [0, 0.1) is 0 Å². The molecule has 4 rings (SSSR count). The van der Waals surface area contributed by atoms with Crippen LogP contribution in [0.3, 0.4) is 0 Å². The van der Waals surface area contributed by atoms with E-state index < -0.39 is 10.0 Å². The van der Waals surface area contributed by atoms with Gasteiger partial charge in [-0.3, -0.25) is 9.10 Å². The van der Waals surface area contributed by atoms with Crippen LogP contribution >= 0.6 is 0 Å². The third kappa shape index (κ3) is 5.28. The van der Waals surface area contributed by atoms with E-state index in [9.17, 15) is 13.2 Å². The zero-order valence-corrected chi connectivity index (χ0v) is 19.3. The molecule has 33 heavy (non-hydrogen) atoms. The topological polar surface area (TPSA) is 84.9 Å². The van der Waals surface area contributed by atoms with E-state index in [0.29, 0.717) is 30.4 Å². The minimum absolute atomic E-state index is 0.127. The molecule has 1 atom stereocenters. The summed E-state index contributed by atoms with van der Waals surface area (Å²) in [5, 5.41) is 2.97. The van der Waals surface area contributed by atoms with Crippen LogP contribution in [0.25, 0.3) is 0 Å². The van der Waals surface area contributed by atoms with Crippen molar-refractivity contribution in [3.05, 3.63) is 89.5 Å². The third-order valence-corrected chi connectivity index (χ3v) is 6.53. The number of para-hydroxylation sites is 1. The second-order valence-corrected chi connectivity index (χ2v) is 9.78. The molecule has 1 heterocycles. The molecule has 0 bridgehead atoms. The second-order valence-electron chi connectivity index (χ2n) is 7.87. The number of nitrogens with one attached hydrogen (secondary N) is 1. The van der Waals surface area contributed by atoms with Crippen LogP contribution in [0.2, 0.25) is 0 Å². The fourth-order valence-corrected chi connectivity index (χ4v) is 4.60. The molecule has 172 valence electrons. The summed E-state index contributed by atoms with van der Waals surface area (Å²) >= 11 is 0. The van der Waals surface area contributed by atoms with E-state index in [1.165, 1.54) is 4.31 Å². The van der Waals surface area contributed by atoms with Crippen molar-refractivity contribution in [2.24, 2.45) is 0 Å². The average molecular weight is 467 g/mol. The molecular formula is C25H26N2O5S. The first-order chi connectivity index (χ1) is 15.8. The van der Waals surface area contributed by atoms with Crippen LogP contribution in [0.5, 0.6) is 11.5 Å². The summed E-state index contributed by atoms with van der Waals surface area (Å²) in [5.41, 5.74) is 2.29. The van der Waals surface area contributed by atoms with E-state index in [1.807, 2.05) is 55.5 Å². The van der Waals surface area contributed by atoms with Gasteiger partial charge in [-0.1, -0.05) is 48.5 Å². The van der Waals surface area contributed by atoms with Crippen molar-refractivity contribution >= 4 is 21.6 Å². The van der Waals surface area contributed by atoms with Crippen molar-refractivity contribution in [2.75, 3.05) is 23.8 Å². The Hall–Kier alpha value is -3.52. The van der Waals surface area contributed by atoms with Crippen molar-refractivity contribution in [2.45, 2.75) is 19.5 Å². The van der Waals surface area contributed by atoms with Gasteiger partial charge in [-0.05, 0) is 42.3 Å². The number of carbonyl (C=O) groups is 1. The molecule has 1 aliphatic rings. The molecule has 0 radical (unpaired) electrons. The van der Waals surface area contributed by atoms with Gasteiger partial charge in [0.05, 0.1) is 30.1 Å². The number of carbonyl (C=O) groups excluding carboxylic acids is 1. The largest absolute Gasteiger partial charge is 0.486 e. The van der Waals surface area contributed by atoms with E-state index in [2.05, 4.69) is 5.32 Å². The zero-order valence-electron chi connectivity index (χ0n) is 18.5. The van der Waals surface area contributed by atoms with Crippen LogP contribution < -0.4 is 19.1 Å². The van der Waals surface area contributed by atoms with Gasteiger partial charge in [0.2, 0.25) is 10.0 Å². The molecule has 0 aliphatic carbocycles. The molecule has 1 amide bonds. The average Bonchev–Trinajstić information content (AvgIpc) is 2.82. The fraction of sp³-hybridized carbons (Fsp3) is 0.240. The quantitative estimate of drug-likeness (QED) is 0.571. The molecule has 0 spiro atoms. The number of amides is 1. The van der Waals surface area contributed by atoms with Gasteiger partial charge in [-0.2, -0.15) is 0 Å². The highest BCUT2D eigenvalue weighted by molar-refractivity contribution is 7.92. The molecule has 1 N–H and O–H groups in total. The van der Waals surface area contributed by atoms with Gasteiger partial charge in [0.1, 0.15) is 13.2 Å². The number of fused-ring (bicyclic) bond motifs is 1. The number of rotatable bonds is 7. The second kappa shape index (κ2) is 9.54. The van der Waals surface area contributed by atoms with Crippen molar-refractivity contribution < 1.29 is 22.7 Å². The van der Waals surface area contributed by atoms with Crippen molar-refractivity contribution in [1.82, 2.24) is 5.32 Å². The molecule has 1 aliphatic heterocycles. The molecule has 7 nitrogen and oxygen atoms in total. The summed E-state index contributed by atoms with van der Waals surface area (Å²) in [5.74, 6) is 0.958. The molecule has 8 heteroatoms. The first kappa shape index (κ1) is 22.7. The van der Waals surface area contributed by atoms with Crippen LogP contribution in [0.15, 0.2) is 72.8 Å². The van der Waals surface area contributed by atoms with Crippen LogP contribution in [0.1, 0.15) is 34.5 Å². The van der Waals surface area contributed by atoms with Crippen LogP contribution in [0.4, 0.5) is 5.69 Å². The molecule has 0 saturated heterocycles. The van der Waals surface area contributed by atoms with E-state index >= 15 is 0 Å². The summed E-state index contributed by atoms with van der Waals surface area (Å²) in [6, 6.07) is 21.2. The Morgan fingerprint density at radius 1 is 0.970 bits per heavy atom. The molecular weight excluding hydrogens is 440 g/mol. The van der Waals surface area contributed by atoms with Gasteiger partial charge in [0.15, 0.2) is 11.5 Å². The van der Waals surface area contributed by atoms with E-state index in [-0.39, 0.29) is 24.1 Å². The van der Waals surface area contributed by atoms with Gasteiger partial charge in [0.25, 0.3) is 5.91 Å². The Balaban J connectivity index is 1.60. The van der Waals surface area contributed by atoms with Gasteiger partial charge < -0.3 is 14.8 Å². The number of hydrogen-bond acceptors (Lipinski definition) is 5. The SMILES string of the molecule is C[C@H](NC(=O)c1ccccc1N(Cc1ccccc1)S(C)(=O)=O)c1ccc2c(c1)OCCO2. The molecule has 3 aromatic carbocycles.